The van der Waals surface area contributed by atoms with Gasteiger partial charge in [-0.2, -0.15) is 0 Å². The van der Waals surface area contributed by atoms with Gasteiger partial charge in [0.15, 0.2) is 5.78 Å². The molecule has 1 N–H and O–H groups in total. The monoisotopic (exact) mass is 394 g/mol. The van der Waals surface area contributed by atoms with Gasteiger partial charge in [0, 0.05) is 23.0 Å². The fourth-order valence-electron chi connectivity index (χ4n) is 2.94. The number of anilines is 1. The predicted molar refractivity (Wildman–Crippen MR) is 115 cm³/mol. The van der Waals surface area contributed by atoms with E-state index in [-0.39, 0.29) is 17.6 Å². The van der Waals surface area contributed by atoms with E-state index in [1.165, 1.54) is 0 Å². The van der Waals surface area contributed by atoms with Crippen LogP contribution in [0, 0.1) is 0 Å². The van der Waals surface area contributed by atoms with Crippen molar-refractivity contribution in [2.75, 3.05) is 5.32 Å². The summed E-state index contributed by atoms with van der Waals surface area (Å²) in [5, 5.41) is 2.82. The van der Waals surface area contributed by atoms with E-state index in [0.717, 1.165) is 0 Å². The minimum atomic E-state index is -0.377. The van der Waals surface area contributed by atoms with E-state index in [4.69, 9.17) is 4.74 Å². The van der Waals surface area contributed by atoms with Gasteiger partial charge in [-0.1, -0.05) is 60.7 Å². The molecule has 0 aliphatic heterocycles. The Bertz CT molecular complexity index is 1180. The first kappa shape index (κ1) is 19.1. The Balaban J connectivity index is 1.54. The first-order valence-electron chi connectivity index (χ1n) is 9.40. The third kappa shape index (κ3) is 4.42. The summed E-state index contributed by atoms with van der Waals surface area (Å²) in [6.07, 6.45) is 1.56. The molecule has 146 valence electrons. The molecule has 4 aromatic rings. The number of para-hydroxylation sites is 1. The van der Waals surface area contributed by atoms with Crippen LogP contribution in [0.5, 0.6) is 11.6 Å². The van der Waals surface area contributed by atoms with Gasteiger partial charge >= 0.3 is 0 Å². The summed E-state index contributed by atoms with van der Waals surface area (Å²) in [5.74, 6) is 0.304. The molecule has 3 aromatic carbocycles. The molecule has 0 aliphatic carbocycles. The van der Waals surface area contributed by atoms with Crippen LogP contribution in [0.3, 0.4) is 0 Å². The molecule has 0 aliphatic rings. The maximum Gasteiger partial charge on any atom is 0.261 e. The number of amides is 1. The SMILES string of the molecule is O=C(c1ccccc1)c1cccc(NC(=O)c2cccnc2Oc2ccccc2)c1. The first-order valence-corrected chi connectivity index (χ1v) is 9.40. The van der Waals surface area contributed by atoms with Crippen molar-refractivity contribution >= 4 is 17.4 Å². The molecule has 0 unspecified atom stereocenters. The molecule has 5 heteroatoms. The quantitative estimate of drug-likeness (QED) is 0.447. The van der Waals surface area contributed by atoms with Crippen LogP contribution >= 0.6 is 0 Å². The standard InChI is InChI=1S/C25H18N2O3/c28-23(18-9-3-1-4-10-18)19-11-7-12-20(17-19)27-24(29)22-15-8-16-26-25(22)30-21-13-5-2-6-14-21/h1-17H,(H,27,29). The molecule has 30 heavy (non-hydrogen) atoms. The van der Waals surface area contributed by atoms with Crippen molar-refractivity contribution in [2.45, 2.75) is 0 Å². The lowest BCUT2D eigenvalue weighted by Crippen LogP contribution is -2.14. The van der Waals surface area contributed by atoms with Crippen LogP contribution in [0.4, 0.5) is 5.69 Å². The molecule has 1 aromatic heterocycles. The summed E-state index contributed by atoms with van der Waals surface area (Å²) < 4.78 is 5.76. The average molecular weight is 394 g/mol. The Hall–Kier alpha value is -4.25. The van der Waals surface area contributed by atoms with Crippen LogP contribution in [0.2, 0.25) is 0 Å². The minimum Gasteiger partial charge on any atom is -0.438 e. The second-order valence-electron chi connectivity index (χ2n) is 6.50. The molecule has 0 saturated carbocycles. The van der Waals surface area contributed by atoms with Gasteiger partial charge in [-0.05, 0) is 36.4 Å². The fourth-order valence-corrected chi connectivity index (χ4v) is 2.94. The second kappa shape index (κ2) is 8.84. The van der Waals surface area contributed by atoms with Crippen LogP contribution in [0.25, 0.3) is 0 Å². The summed E-state index contributed by atoms with van der Waals surface area (Å²) >= 11 is 0. The Morgan fingerprint density at radius 3 is 2.20 bits per heavy atom. The predicted octanol–water partition coefficient (Wildman–Crippen LogP) is 5.36. The van der Waals surface area contributed by atoms with E-state index >= 15 is 0 Å². The lowest BCUT2D eigenvalue weighted by atomic mass is 10.0. The highest BCUT2D eigenvalue weighted by atomic mass is 16.5. The van der Waals surface area contributed by atoms with E-state index in [0.29, 0.717) is 28.1 Å². The van der Waals surface area contributed by atoms with Crippen molar-refractivity contribution in [1.82, 2.24) is 4.98 Å². The molecule has 0 bridgehead atoms. The molecule has 1 heterocycles. The highest BCUT2D eigenvalue weighted by Crippen LogP contribution is 2.24. The topological polar surface area (TPSA) is 68.3 Å². The number of pyridine rings is 1. The number of hydrogen-bond acceptors (Lipinski definition) is 4. The van der Waals surface area contributed by atoms with Gasteiger partial charge in [-0.25, -0.2) is 4.98 Å². The number of aromatic nitrogens is 1. The Morgan fingerprint density at radius 2 is 1.43 bits per heavy atom. The lowest BCUT2D eigenvalue weighted by Gasteiger charge is -2.11. The Kier molecular flexibility index (Phi) is 5.62. The van der Waals surface area contributed by atoms with Crippen LogP contribution in [-0.4, -0.2) is 16.7 Å². The zero-order valence-corrected chi connectivity index (χ0v) is 16.0. The van der Waals surface area contributed by atoms with E-state index in [2.05, 4.69) is 10.3 Å². The second-order valence-corrected chi connectivity index (χ2v) is 6.50. The zero-order valence-electron chi connectivity index (χ0n) is 16.0. The Morgan fingerprint density at radius 1 is 0.733 bits per heavy atom. The lowest BCUT2D eigenvalue weighted by molar-refractivity contribution is 0.101. The highest BCUT2D eigenvalue weighted by molar-refractivity contribution is 6.10. The van der Waals surface area contributed by atoms with Crippen molar-refractivity contribution in [3.63, 3.8) is 0 Å². The molecule has 4 rings (SSSR count). The van der Waals surface area contributed by atoms with Crippen LogP contribution in [0.1, 0.15) is 26.3 Å². The molecule has 0 saturated heterocycles. The number of carbonyl (C=O) groups is 2. The van der Waals surface area contributed by atoms with Gasteiger partial charge in [-0.3, -0.25) is 9.59 Å². The van der Waals surface area contributed by atoms with Crippen molar-refractivity contribution in [2.24, 2.45) is 0 Å². The minimum absolute atomic E-state index is 0.110. The van der Waals surface area contributed by atoms with E-state index < -0.39 is 0 Å². The summed E-state index contributed by atoms with van der Waals surface area (Å²) in [6.45, 7) is 0. The average Bonchev–Trinajstić information content (AvgIpc) is 2.80. The third-order valence-electron chi connectivity index (χ3n) is 4.39. The van der Waals surface area contributed by atoms with Crippen LogP contribution in [-0.2, 0) is 0 Å². The number of ketones is 1. The first-order chi connectivity index (χ1) is 14.7. The number of nitrogens with one attached hydrogen (secondary N) is 1. The fraction of sp³-hybridized carbons (Fsp3) is 0. The van der Waals surface area contributed by atoms with Crippen molar-refractivity contribution in [3.05, 3.63) is 120 Å². The molecular weight excluding hydrogens is 376 g/mol. The number of rotatable bonds is 6. The van der Waals surface area contributed by atoms with E-state index in [1.807, 2.05) is 36.4 Å². The van der Waals surface area contributed by atoms with Gasteiger partial charge < -0.3 is 10.1 Å². The van der Waals surface area contributed by atoms with Gasteiger partial charge in [0.25, 0.3) is 5.91 Å². The van der Waals surface area contributed by atoms with Crippen molar-refractivity contribution in [3.8, 4) is 11.6 Å². The summed E-state index contributed by atoms with van der Waals surface area (Å²) in [6, 6.07) is 28.3. The molecular formula is C25H18N2O3. The maximum absolute atomic E-state index is 12.9. The van der Waals surface area contributed by atoms with Crippen LogP contribution in [0.15, 0.2) is 103 Å². The number of hydrogen-bond donors (Lipinski definition) is 1. The highest BCUT2D eigenvalue weighted by Gasteiger charge is 2.16. The van der Waals surface area contributed by atoms with Gasteiger partial charge in [0.2, 0.25) is 5.88 Å². The maximum atomic E-state index is 12.9. The molecule has 0 atom stereocenters. The molecule has 1 amide bonds. The smallest absolute Gasteiger partial charge is 0.261 e. The summed E-state index contributed by atoms with van der Waals surface area (Å²) in [7, 11) is 0. The van der Waals surface area contributed by atoms with E-state index in [9.17, 15) is 9.59 Å². The third-order valence-corrected chi connectivity index (χ3v) is 4.39. The molecule has 5 nitrogen and oxygen atoms in total. The number of benzene rings is 3. The molecule has 0 fully saturated rings. The summed E-state index contributed by atoms with van der Waals surface area (Å²) in [5.41, 5.74) is 1.88. The number of carbonyl (C=O) groups excluding carboxylic acids is 2. The largest absolute Gasteiger partial charge is 0.438 e. The van der Waals surface area contributed by atoms with Gasteiger partial charge in [-0.15, -0.1) is 0 Å². The molecule has 0 spiro atoms. The number of nitrogens with zero attached hydrogens (tertiary/aromatic N) is 1. The Labute approximate surface area is 174 Å². The summed E-state index contributed by atoms with van der Waals surface area (Å²) in [4.78, 5) is 29.7. The van der Waals surface area contributed by atoms with Gasteiger partial charge in [0.05, 0.1) is 0 Å². The van der Waals surface area contributed by atoms with Crippen molar-refractivity contribution < 1.29 is 14.3 Å². The normalized spacial score (nSPS) is 10.3. The van der Waals surface area contributed by atoms with Crippen LogP contribution < -0.4 is 10.1 Å². The zero-order chi connectivity index (χ0) is 20.8. The number of ether oxygens (including phenoxy) is 1. The van der Waals surface area contributed by atoms with Gasteiger partial charge in [0.1, 0.15) is 11.3 Å². The van der Waals surface area contributed by atoms with Crippen molar-refractivity contribution in [1.29, 1.82) is 0 Å². The molecule has 0 radical (unpaired) electrons. The van der Waals surface area contributed by atoms with E-state index in [1.54, 1.807) is 66.9 Å².